The van der Waals surface area contributed by atoms with E-state index in [9.17, 15) is 4.79 Å². The van der Waals surface area contributed by atoms with Crippen LogP contribution in [0.5, 0.6) is 0 Å². The Morgan fingerprint density at radius 2 is 2.10 bits per heavy atom. The minimum atomic E-state index is -0.300. The Labute approximate surface area is 128 Å². The van der Waals surface area contributed by atoms with E-state index >= 15 is 0 Å². The van der Waals surface area contributed by atoms with Crippen LogP contribution in [0.3, 0.4) is 0 Å². The van der Waals surface area contributed by atoms with Crippen LogP contribution in [-0.2, 0) is 9.53 Å². The lowest BCUT2D eigenvalue weighted by Crippen LogP contribution is -2.49. The van der Waals surface area contributed by atoms with Crippen molar-refractivity contribution in [3.05, 3.63) is 0 Å². The van der Waals surface area contributed by atoms with Crippen LogP contribution in [0.15, 0.2) is 0 Å². The Bertz CT molecular complexity index is 277. The number of ether oxygens (including phenoxy) is 1. The molecule has 4 nitrogen and oxygen atoms in total. The lowest BCUT2D eigenvalue weighted by molar-refractivity contribution is -0.134. The highest BCUT2D eigenvalue weighted by Crippen LogP contribution is 2.27. The first-order valence-corrected chi connectivity index (χ1v) is 7.88. The number of morpholine rings is 1. The van der Waals surface area contributed by atoms with Crippen molar-refractivity contribution in [1.29, 1.82) is 0 Å². The maximum atomic E-state index is 12.0. The molecular formula is C15H29ClN2O2. The lowest BCUT2D eigenvalue weighted by Gasteiger charge is -2.26. The average molecular weight is 305 g/mol. The van der Waals surface area contributed by atoms with Gasteiger partial charge in [-0.25, -0.2) is 0 Å². The van der Waals surface area contributed by atoms with Crippen molar-refractivity contribution < 1.29 is 9.53 Å². The second-order valence-corrected chi connectivity index (χ2v) is 6.05. The van der Waals surface area contributed by atoms with Gasteiger partial charge in [0, 0.05) is 19.1 Å². The van der Waals surface area contributed by atoms with E-state index in [4.69, 9.17) is 4.74 Å². The van der Waals surface area contributed by atoms with E-state index in [2.05, 4.69) is 17.6 Å². The number of carbonyl (C=O) groups excluding carboxylic acids is 1. The van der Waals surface area contributed by atoms with Crippen LogP contribution in [0.25, 0.3) is 0 Å². The predicted molar refractivity (Wildman–Crippen MR) is 83.3 cm³/mol. The van der Waals surface area contributed by atoms with Crippen molar-refractivity contribution in [3.8, 4) is 0 Å². The molecule has 1 aliphatic heterocycles. The standard InChI is InChI=1S/C15H28N2O2.ClH/c1-12(7-8-13-5-3-2-4-6-13)17-15(18)14-11-16-9-10-19-14;/h12-14,16H,2-11H2,1H3,(H,17,18);1H. The van der Waals surface area contributed by atoms with E-state index in [0.717, 1.165) is 18.9 Å². The van der Waals surface area contributed by atoms with Crippen molar-refractivity contribution in [1.82, 2.24) is 10.6 Å². The molecular weight excluding hydrogens is 276 g/mol. The van der Waals surface area contributed by atoms with Crippen molar-refractivity contribution in [2.24, 2.45) is 5.92 Å². The first-order chi connectivity index (χ1) is 9.25. The number of hydrogen-bond donors (Lipinski definition) is 2. The molecule has 0 aromatic carbocycles. The van der Waals surface area contributed by atoms with Gasteiger partial charge in [-0.15, -0.1) is 12.4 Å². The molecule has 1 aliphatic carbocycles. The summed E-state index contributed by atoms with van der Waals surface area (Å²) < 4.78 is 5.46. The van der Waals surface area contributed by atoms with Crippen LogP contribution >= 0.6 is 12.4 Å². The zero-order valence-corrected chi connectivity index (χ0v) is 13.3. The summed E-state index contributed by atoms with van der Waals surface area (Å²) in [5.41, 5.74) is 0. The molecule has 1 saturated heterocycles. The van der Waals surface area contributed by atoms with Crippen molar-refractivity contribution >= 4 is 18.3 Å². The minimum absolute atomic E-state index is 0. The molecule has 0 aromatic rings. The number of carbonyl (C=O) groups is 1. The number of halogens is 1. The molecule has 2 aliphatic rings. The third-order valence-corrected chi connectivity index (χ3v) is 4.34. The summed E-state index contributed by atoms with van der Waals surface area (Å²) in [5.74, 6) is 0.934. The minimum Gasteiger partial charge on any atom is -0.366 e. The van der Waals surface area contributed by atoms with Crippen LogP contribution in [0.1, 0.15) is 51.9 Å². The monoisotopic (exact) mass is 304 g/mol. The van der Waals surface area contributed by atoms with Gasteiger partial charge >= 0.3 is 0 Å². The first-order valence-electron chi connectivity index (χ1n) is 7.88. The third kappa shape index (κ3) is 5.98. The van der Waals surface area contributed by atoms with E-state index in [1.807, 2.05) is 0 Å². The Hall–Kier alpha value is -0.320. The number of nitrogens with one attached hydrogen (secondary N) is 2. The lowest BCUT2D eigenvalue weighted by atomic mass is 9.85. The summed E-state index contributed by atoms with van der Waals surface area (Å²) in [6.45, 7) is 4.23. The Balaban J connectivity index is 0.00000200. The zero-order chi connectivity index (χ0) is 13.5. The molecule has 2 unspecified atom stereocenters. The Morgan fingerprint density at radius 3 is 2.75 bits per heavy atom. The molecule has 2 N–H and O–H groups in total. The second kappa shape index (κ2) is 9.59. The smallest absolute Gasteiger partial charge is 0.250 e. The van der Waals surface area contributed by atoms with E-state index in [1.54, 1.807) is 0 Å². The van der Waals surface area contributed by atoms with Gasteiger partial charge in [0.25, 0.3) is 5.91 Å². The van der Waals surface area contributed by atoms with E-state index < -0.39 is 0 Å². The molecule has 20 heavy (non-hydrogen) atoms. The summed E-state index contributed by atoms with van der Waals surface area (Å²) >= 11 is 0. The SMILES string of the molecule is CC(CCC1CCCCC1)NC(=O)C1CNCCO1.Cl. The molecule has 0 radical (unpaired) electrons. The van der Waals surface area contributed by atoms with E-state index in [0.29, 0.717) is 13.2 Å². The molecule has 0 bridgehead atoms. The molecule has 118 valence electrons. The molecule has 1 heterocycles. The fraction of sp³-hybridized carbons (Fsp3) is 0.933. The molecule has 2 rings (SSSR count). The molecule has 1 saturated carbocycles. The largest absolute Gasteiger partial charge is 0.366 e. The van der Waals surface area contributed by atoms with Gasteiger partial charge in [0.2, 0.25) is 0 Å². The van der Waals surface area contributed by atoms with Crippen LogP contribution in [0.4, 0.5) is 0 Å². The van der Waals surface area contributed by atoms with Gasteiger partial charge in [-0.3, -0.25) is 4.79 Å². The molecule has 0 aromatic heterocycles. The number of amides is 1. The quantitative estimate of drug-likeness (QED) is 0.819. The summed E-state index contributed by atoms with van der Waals surface area (Å²) in [4.78, 5) is 12.0. The van der Waals surface area contributed by atoms with Gasteiger partial charge in [-0.2, -0.15) is 0 Å². The molecule has 1 amide bonds. The topological polar surface area (TPSA) is 50.4 Å². The number of rotatable bonds is 5. The average Bonchev–Trinajstić information content (AvgIpc) is 2.47. The summed E-state index contributed by atoms with van der Waals surface area (Å²) in [5, 5.41) is 6.27. The highest BCUT2D eigenvalue weighted by molar-refractivity contribution is 5.85. The predicted octanol–water partition coefficient (Wildman–Crippen LogP) is 2.26. The molecule has 2 fully saturated rings. The van der Waals surface area contributed by atoms with Gasteiger partial charge in [0.15, 0.2) is 0 Å². The van der Waals surface area contributed by atoms with Gasteiger partial charge in [-0.05, 0) is 25.7 Å². The van der Waals surface area contributed by atoms with Gasteiger partial charge < -0.3 is 15.4 Å². The van der Waals surface area contributed by atoms with Gasteiger partial charge in [0.05, 0.1) is 6.61 Å². The Kier molecular flexibility index (Phi) is 8.50. The van der Waals surface area contributed by atoms with Crippen LogP contribution in [0.2, 0.25) is 0 Å². The second-order valence-electron chi connectivity index (χ2n) is 6.05. The van der Waals surface area contributed by atoms with Crippen molar-refractivity contribution in [2.75, 3.05) is 19.7 Å². The fourth-order valence-corrected chi connectivity index (χ4v) is 3.10. The van der Waals surface area contributed by atoms with Gasteiger partial charge in [0.1, 0.15) is 6.10 Å². The number of hydrogen-bond acceptors (Lipinski definition) is 3. The zero-order valence-electron chi connectivity index (χ0n) is 12.5. The Morgan fingerprint density at radius 1 is 1.35 bits per heavy atom. The highest BCUT2D eigenvalue weighted by atomic mass is 35.5. The van der Waals surface area contributed by atoms with Crippen molar-refractivity contribution in [2.45, 2.75) is 64.0 Å². The maximum absolute atomic E-state index is 12.0. The first kappa shape index (κ1) is 17.7. The molecule has 5 heteroatoms. The van der Waals surface area contributed by atoms with Crippen LogP contribution in [0, 0.1) is 5.92 Å². The normalized spacial score (nSPS) is 25.6. The van der Waals surface area contributed by atoms with E-state index in [1.165, 1.54) is 38.5 Å². The molecule has 0 spiro atoms. The summed E-state index contributed by atoms with van der Waals surface area (Å²) in [6.07, 6.45) is 9.02. The van der Waals surface area contributed by atoms with Crippen LogP contribution in [-0.4, -0.2) is 37.7 Å². The summed E-state index contributed by atoms with van der Waals surface area (Å²) in [7, 11) is 0. The molecule has 2 atom stereocenters. The summed E-state index contributed by atoms with van der Waals surface area (Å²) in [6, 6.07) is 0.264. The van der Waals surface area contributed by atoms with Gasteiger partial charge in [-0.1, -0.05) is 32.1 Å². The third-order valence-electron chi connectivity index (χ3n) is 4.34. The fourth-order valence-electron chi connectivity index (χ4n) is 3.10. The highest BCUT2D eigenvalue weighted by Gasteiger charge is 2.23. The van der Waals surface area contributed by atoms with Crippen LogP contribution < -0.4 is 10.6 Å². The van der Waals surface area contributed by atoms with E-state index in [-0.39, 0.29) is 30.5 Å². The van der Waals surface area contributed by atoms with Crippen molar-refractivity contribution in [3.63, 3.8) is 0 Å². The maximum Gasteiger partial charge on any atom is 0.250 e.